The number of ether oxygens (including phenoxy) is 2. The minimum absolute atomic E-state index is 0.110. The number of nitrogens with zero attached hydrogens (tertiary/aromatic N) is 8. The van der Waals surface area contributed by atoms with E-state index < -0.39 is 5.60 Å². The molecule has 40 heavy (non-hydrogen) atoms. The van der Waals surface area contributed by atoms with Gasteiger partial charge in [-0.05, 0) is 66.1 Å². The van der Waals surface area contributed by atoms with Crippen LogP contribution in [0.25, 0.3) is 0 Å². The van der Waals surface area contributed by atoms with Crippen LogP contribution in [-0.4, -0.2) is 105 Å². The largest absolute Gasteiger partial charge is 0.462 e. The van der Waals surface area contributed by atoms with Crippen molar-refractivity contribution in [3.8, 4) is 6.01 Å². The number of carbonyl (C=O) groups excluding carboxylic acids is 2. The molecule has 3 aliphatic heterocycles. The number of anilines is 1. The standard InChI is InChI=1S/C28H42N8O4/c1-28(2,3)40-27(38)35-14-10-21-23(17-35)29-26(39-18-19-9-7-11-33(19)6)30-24(21)34-12-8-13-36-20(16-34)15-22(31-36)25(37)32(4)5/h15,19H,7-14,16-18H2,1-6H3/t19-/m0/s1. The molecule has 12 heteroatoms. The SMILES string of the molecule is CN(C)C(=O)c1cc2n(n1)CCCN(c1nc(OC[C@@H]3CCCN3C)nc3c1CCN(C(=O)OC(C)(C)C)C3)C2. The fourth-order valence-electron chi connectivity index (χ4n) is 5.53. The average Bonchev–Trinajstić information content (AvgIpc) is 3.44. The molecule has 12 nitrogen and oxygen atoms in total. The Bertz CT molecular complexity index is 1250. The van der Waals surface area contributed by atoms with E-state index in [1.165, 1.54) is 0 Å². The molecule has 0 spiro atoms. The Morgan fingerprint density at radius 3 is 2.58 bits per heavy atom. The van der Waals surface area contributed by atoms with Crippen molar-refractivity contribution >= 4 is 17.8 Å². The number of hydrogen-bond acceptors (Lipinski definition) is 9. The maximum absolute atomic E-state index is 12.9. The third-order valence-electron chi connectivity index (χ3n) is 7.69. The van der Waals surface area contributed by atoms with Crippen molar-refractivity contribution in [3.05, 3.63) is 28.7 Å². The third-order valence-corrected chi connectivity index (χ3v) is 7.69. The monoisotopic (exact) mass is 554 g/mol. The highest BCUT2D eigenvalue weighted by atomic mass is 16.6. The topological polar surface area (TPSA) is 109 Å². The molecule has 3 aliphatic rings. The van der Waals surface area contributed by atoms with E-state index >= 15 is 0 Å². The number of aromatic nitrogens is 4. The summed E-state index contributed by atoms with van der Waals surface area (Å²) < 4.78 is 13.8. The van der Waals surface area contributed by atoms with Crippen molar-refractivity contribution in [1.29, 1.82) is 0 Å². The molecule has 1 saturated heterocycles. The zero-order valence-corrected chi connectivity index (χ0v) is 24.6. The lowest BCUT2D eigenvalue weighted by Crippen LogP contribution is -2.41. The number of fused-ring (bicyclic) bond motifs is 2. The molecule has 0 aliphatic carbocycles. The number of hydrogen-bond donors (Lipinski definition) is 0. The Morgan fingerprint density at radius 1 is 1.07 bits per heavy atom. The van der Waals surface area contributed by atoms with E-state index in [1.807, 2.05) is 31.5 Å². The van der Waals surface area contributed by atoms with Gasteiger partial charge in [0.05, 0.1) is 24.5 Å². The van der Waals surface area contributed by atoms with Gasteiger partial charge in [0.2, 0.25) is 0 Å². The van der Waals surface area contributed by atoms with Crippen LogP contribution in [0.15, 0.2) is 6.07 Å². The fraction of sp³-hybridized carbons (Fsp3) is 0.679. The Kier molecular flexibility index (Phi) is 7.89. The van der Waals surface area contributed by atoms with Crippen LogP contribution in [0.4, 0.5) is 10.6 Å². The Hall–Kier alpha value is -3.41. The van der Waals surface area contributed by atoms with Crippen molar-refractivity contribution in [2.24, 2.45) is 0 Å². The molecule has 0 unspecified atom stereocenters. The molecule has 2 aromatic rings. The van der Waals surface area contributed by atoms with Gasteiger partial charge < -0.3 is 29.1 Å². The van der Waals surface area contributed by atoms with E-state index in [0.717, 1.165) is 61.7 Å². The number of likely N-dealkylation sites (N-methyl/N-ethyl adjacent to an activating group) is 1. The lowest BCUT2D eigenvalue weighted by Gasteiger charge is -2.33. The third kappa shape index (κ3) is 6.16. The van der Waals surface area contributed by atoms with Crippen LogP contribution in [0.3, 0.4) is 0 Å². The zero-order valence-electron chi connectivity index (χ0n) is 24.6. The van der Waals surface area contributed by atoms with Gasteiger partial charge in [-0.2, -0.15) is 15.1 Å². The number of likely N-dealkylation sites (tertiary alicyclic amines) is 1. The van der Waals surface area contributed by atoms with Gasteiger partial charge in [0, 0.05) is 45.3 Å². The minimum Gasteiger partial charge on any atom is -0.462 e. The predicted molar refractivity (Wildman–Crippen MR) is 149 cm³/mol. The molecule has 1 atom stereocenters. The fourth-order valence-corrected chi connectivity index (χ4v) is 5.53. The summed E-state index contributed by atoms with van der Waals surface area (Å²) in [6, 6.07) is 2.55. The first-order valence-electron chi connectivity index (χ1n) is 14.2. The lowest BCUT2D eigenvalue weighted by atomic mass is 10.0. The summed E-state index contributed by atoms with van der Waals surface area (Å²) in [7, 11) is 5.59. The van der Waals surface area contributed by atoms with Gasteiger partial charge >= 0.3 is 12.1 Å². The van der Waals surface area contributed by atoms with Crippen molar-refractivity contribution in [2.75, 3.05) is 52.3 Å². The van der Waals surface area contributed by atoms with Gasteiger partial charge in [0.1, 0.15) is 18.0 Å². The summed E-state index contributed by atoms with van der Waals surface area (Å²) in [6.07, 6.45) is 3.38. The summed E-state index contributed by atoms with van der Waals surface area (Å²) in [5.41, 5.74) is 2.67. The number of aryl methyl sites for hydroxylation is 1. The molecular formula is C28H42N8O4. The van der Waals surface area contributed by atoms with Crippen LogP contribution in [0.2, 0.25) is 0 Å². The maximum atomic E-state index is 12.9. The van der Waals surface area contributed by atoms with Gasteiger partial charge in [-0.15, -0.1) is 0 Å². The van der Waals surface area contributed by atoms with Crippen LogP contribution >= 0.6 is 0 Å². The van der Waals surface area contributed by atoms with E-state index in [9.17, 15) is 9.59 Å². The maximum Gasteiger partial charge on any atom is 0.410 e. The Labute approximate surface area is 236 Å². The molecule has 0 saturated carbocycles. The van der Waals surface area contributed by atoms with Crippen LogP contribution in [0.1, 0.15) is 67.5 Å². The number of carbonyl (C=O) groups is 2. The van der Waals surface area contributed by atoms with Gasteiger partial charge in [-0.1, -0.05) is 0 Å². The van der Waals surface area contributed by atoms with Crippen molar-refractivity contribution in [2.45, 2.75) is 77.7 Å². The molecule has 0 N–H and O–H groups in total. The van der Waals surface area contributed by atoms with E-state index in [2.05, 4.69) is 21.9 Å². The first-order valence-corrected chi connectivity index (χ1v) is 14.2. The molecule has 218 valence electrons. The summed E-state index contributed by atoms with van der Waals surface area (Å²) >= 11 is 0. The summed E-state index contributed by atoms with van der Waals surface area (Å²) in [6.45, 7) is 10.1. The molecule has 0 aromatic carbocycles. The number of rotatable bonds is 5. The Balaban J connectivity index is 1.44. The second-order valence-electron chi connectivity index (χ2n) is 12.2. The highest BCUT2D eigenvalue weighted by molar-refractivity contribution is 5.92. The molecule has 2 aromatic heterocycles. The van der Waals surface area contributed by atoms with Gasteiger partial charge in [0.15, 0.2) is 5.69 Å². The van der Waals surface area contributed by atoms with Crippen LogP contribution in [-0.2, 0) is 30.8 Å². The van der Waals surface area contributed by atoms with E-state index in [1.54, 1.807) is 23.9 Å². The summed E-state index contributed by atoms with van der Waals surface area (Å²) in [5, 5.41) is 4.58. The molecule has 2 amide bonds. The van der Waals surface area contributed by atoms with Crippen LogP contribution < -0.4 is 9.64 Å². The zero-order chi connectivity index (χ0) is 28.6. The molecular weight excluding hydrogens is 512 g/mol. The predicted octanol–water partition coefficient (Wildman–Crippen LogP) is 2.55. The summed E-state index contributed by atoms with van der Waals surface area (Å²) in [5.74, 6) is 0.722. The molecule has 5 rings (SSSR count). The summed E-state index contributed by atoms with van der Waals surface area (Å²) in [4.78, 5) is 43.0. The molecule has 0 bridgehead atoms. The van der Waals surface area contributed by atoms with Gasteiger partial charge in [0.25, 0.3) is 5.91 Å². The first-order chi connectivity index (χ1) is 19.0. The van der Waals surface area contributed by atoms with Crippen molar-refractivity contribution in [3.63, 3.8) is 0 Å². The van der Waals surface area contributed by atoms with Gasteiger partial charge in [-0.25, -0.2) is 4.79 Å². The quantitative estimate of drug-likeness (QED) is 0.551. The first kappa shape index (κ1) is 28.1. The second-order valence-corrected chi connectivity index (χ2v) is 12.2. The second kappa shape index (κ2) is 11.2. The normalized spacial score (nSPS) is 19.6. The average molecular weight is 555 g/mol. The molecule has 0 radical (unpaired) electrons. The highest BCUT2D eigenvalue weighted by Gasteiger charge is 2.32. The van der Waals surface area contributed by atoms with Gasteiger partial charge in [-0.3, -0.25) is 9.48 Å². The molecule has 5 heterocycles. The lowest BCUT2D eigenvalue weighted by molar-refractivity contribution is 0.0219. The minimum atomic E-state index is -0.572. The van der Waals surface area contributed by atoms with E-state index in [0.29, 0.717) is 50.4 Å². The van der Waals surface area contributed by atoms with E-state index in [-0.39, 0.29) is 12.0 Å². The van der Waals surface area contributed by atoms with E-state index in [4.69, 9.17) is 19.4 Å². The van der Waals surface area contributed by atoms with Crippen LogP contribution in [0, 0.1) is 0 Å². The molecule has 1 fully saturated rings. The number of amides is 2. The van der Waals surface area contributed by atoms with Crippen molar-refractivity contribution < 1.29 is 19.1 Å². The van der Waals surface area contributed by atoms with Crippen molar-refractivity contribution in [1.82, 2.24) is 34.4 Å². The van der Waals surface area contributed by atoms with Crippen LogP contribution in [0.5, 0.6) is 6.01 Å². The smallest absolute Gasteiger partial charge is 0.410 e. The highest BCUT2D eigenvalue weighted by Crippen LogP contribution is 2.31. The Morgan fingerprint density at radius 2 is 1.88 bits per heavy atom.